The van der Waals surface area contributed by atoms with Crippen LogP contribution in [0, 0.1) is 0 Å². The van der Waals surface area contributed by atoms with Gasteiger partial charge in [0.2, 0.25) is 0 Å². The highest BCUT2D eigenvalue weighted by Crippen LogP contribution is 2.32. The molecule has 0 N–H and O–H groups in total. The number of hydrogen-bond donors (Lipinski definition) is 0. The molecule has 2 aromatic rings. The van der Waals surface area contributed by atoms with Crippen LogP contribution in [0.15, 0.2) is 53.0 Å². The second-order valence-electron chi connectivity index (χ2n) is 4.96. The maximum atomic E-state index is 3.54. The van der Waals surface area contributed by atoms with Crippen LogP contribution in [0.5, 0.6) is 0 Å². The molecule has 0 bridgehead atoms. The van der Waals surface area contributed by atoms with Crippen LogP contribution in [-0.2, 0) is 6.54 Å². The number of para-hydroxylation sites is 2. The van der Waals surface area contributed by atoms with E-state index in [-0.39, 0.29) is 0 Å². The number of likely N-dealkylation sites (N-methyl/N-ethyl adjacent to an activating group) is 1. The highest BCUT2D eigenvalue weighted by Gasteiger charge is 2.19. The second-order valence-corrected chi connectivity index (χ2v) is 5.88. The number of hydrogen-bond acceptors (Lipinski definition) is 2. The minimum Gasteiger partial charge on any atom is -0.371 e. The van der Waals surface area contributed by atoms with Crippen molar-refractivity contribution in [3.63, 3.8) is 0 Å². The first-order chi connectivity index (χ1) is 9.24. The fraction of sp³-hybridized carbons (Fsp3) is 0.250. The predicted octanol–water partition coefficient (Wildman–Crippen LogP) is 3.91. The molecule has 1 heterocycles. The predicted molar refractivity (Wildman–Crippen MR) is 84.9 cm³/mol. The van der Waals surface area contributed by atoms with E-state index in [9.17, 15) is 0 Å². The van der Waals surface area contributed by atoms with E-state index in [0.717, 1.165) is 24.1 Å². The van der Waals surface area contributed by atoms with Crippen molar-refractivity contribution in [1.82, 2.24) is 0 Å². The van der Waals surface area contributed by atoms with Gasteiger partial charge in [-0.05, 0) is 29.8 Å². The molecule has 0 spiro atoms. The molecule has 0 atom stereocenters. The zero-order chi connectivity index (χ0) is 13.2. The number of benzene rings is 2. The number of halogens is 1. The first-order valence-electron chi connectivity index (χ1n) is 6.53. The van der Waals surface area contributed by atoms with Gasteiger partial charge in [-0.15, -0.1) is 0 Å². The maximum Gasteiger partial charge on any atom is 0.0607 e. The Morgan fingerprint density at radius 3 is 2.58 bits per heavy atom. The Morgan fingerprint density at radius 2 is 1.79 bits per heavy atom. The molecule has 19 heavy (non-hydrogen) atoms. The summed E-state index contributed by atoms with van der Waals surface area (Å²) < 4.78 is 1.15. The van der Waals surface area contributed by atoms with Crippen LogP contribution in [-0.4, -0.2) is 20.1 Å². The van der Waals surface area contributed by atoms with Gasteiger partial charge in [0, 0.05) is 31.2 Å². The molecule has 1 aliphatic heterocycles. The molecule has 98 valence electrons. The SMILES string of the molecule is CN1CCN(Cc2cccc(Br)c2)c2ccccc21. The number of rotatable bonds is 2. The number of nitrogens with zero attached hydrogens (tertiary/aromatic N) is 2. The van der Waals surface area contributed by atoms with E-state index in [4.69, 9.17) is 0 Å². The van der Waals surface area contributed by atoms with Crippen molar-refractivity contribution in [3.8, 4) is 0 Å². The molecule has 0 aromatic heterocycles. The Labute approximate surface area is 122 Å². The van der Waals surface area contributed by atoms with E-state index in [1.54, 1.807) is 0 Å². The summed E-state index contributed by atoms with van der Waals surface area (Å²) in [6.45, 7) is 3.11. The highest BCUT2D eigenvalue weighted by molar-refractivity contribution is 9.10. The van der Waals surface area contributed by atoms with E-state index in [1.807, 2.05) is 0 Å². The molecule has 0 aliphatic carbocycles. The van der Waals surface area contributed by atoms with Crippen LogP contribution < -0.4 is 9.80 Å². The topological polar surface area (TPSA) is 6.48 Å². The lowest BCUT2D eigenvalue weighted by Crippen LogP contribution is -2.38. The van der Waals surface area contributed by atoms with Crippen molar-refractivity contribution in [2.45, 2.75) is 6.54 Å². The van der Waals surface area contributed by atoms with Crippen molar-refractivity contribution in [2.24, 2.45) is 0 Å². The molecular weight excluding hydrogens is 300 g/mol. The van der Waals surface area contributed by atoms with E-state index in [2.05, 4.69) is 81.3 Å². The normalized spacial score (nSPS) is 14.4. The molecular formula is C16H17BrN2. The Kier molecular flexibility index (Phi) is 3.47. The minimum absolute atomic E-state index is 0.963. The molecule has 0 unspecified atom stereocenters. The maximum absolute atomic E-state index is 3.54. The zero-order valence-electron chi connectivity index (χ0n) is 11.0. The highest BCUT2D eigenvalue weighted by atomic mass is 79.9. The second kappa shape index (κ2) is 5.25. The smallest absolute Gasteiger partial charge is 0.0607 e. The van der Waals surface area contributed by atoms with E-state index in [0.29, 0.717) is 0 Å². The van der Waals surface area contributed by atoms with Gasteiger partial charge in [-0.1, -0.05) is 40.2 Å². The largest absolute Gasteiger partial charge is 0.371 e. The van der Waals surface area contributed by atoms with Gasteiger partial charge >= 0.3 is 0 Å². The number of anilines is 2. The van der Waals surface area contributed by atoms with E-state index >= 15 is 0 Å². The summed E-state index contributed by atoms with van der Waals surface area (Å²) >= 11 is 3.54. The summed E-state index contributed by atoms with van der Waals surface area (Å²) in [6.07, 6.45) is 0. The van der Waals surface area contributed by atoms with Gasteiger partial charge < -0.3 is 9.80 Å². The van der Waals surface area contributed by atoms with E-state index < -0.39 is 0 Å². The van der Waals surface area contributed by atoms with Gasteiger partial charge in [0.05, 0.1) is 11.4 Å². The Morgan fingerprint density at radius 1 is 1.00 bits per heavy atom. The standard InChI is InChI=1S/C16H17BrN2/c1-18-9-10-19(16-8-3-2-7-15(16)18)12-13-5-4-6-14(17)11-13/h2-8,11H,9-10,12H2,1H3. The van der Waals surface area contributed by atoms with Crippen molar-refractivity contribution in [1.29, 1.82) is 0 Å². The summed E-state index contributed by atoms with van der Waals surface area (Å²) in [5, 5.41) is 0. The third-order valence-corrected chi connectivity index (χ3v) is 4.09. The lowest BCUT2D eigenvalue weighted by molar-refractivity contribution is 0.734. The Bertz CT molecular complexity index is 582. The van der Waals surface area contributed by atoms with Gasteiger partial charge in [0.1, 0.15) is 0 Å². The molecule has 0 saturated heterocycles. The van der Waals surface area contributed by atoms with Gasteiger partial charge in [0.15, 0.2) is 0 Å². The van der Waals surface area contributed by atoms with Gasteiger partial charge in [-0.25, -0.2) is 0 Å². The van der Waals surface area contributed by atoms with Crippen LogP contribution in [0.3, 0.4) is 0 Å². The third kappa shape index (κ3) is 2.61. The molecule has 0 saturated carbocycles. The van der Waals surface area contributed by atoms with Crippen LogP contribution in [0.25, 0.3) is 0 Å². The summed E-state index contributed by atoms with van der Waals surface area (Å²) in [4.78, 5) is 4.78. The minimum atomic E-state index is 0.963. The average Bonchev–Trinajstić information content (AvgIpc) is 2.42. The van der Waals surface area contributed by atoms with Gasteiger partial charge in [0.25, 0.3) is 0 Å². The molecule has 1 aliphatic rings. The quantitative estimate of drug-likeness (QED) is 0.829. The fourth-order valence-corrected chi connectivity index (χ4v) is 3.03. The molecule has 2 aromatic carbocycles. The van der Waals surface area contributed by atoms with Crippen molar-refractivity contribution in [3.05, 3.63) is 58.6 Å². The monoisotopic (exact) mass is 316 g/mol. The summed E-state index contributed by atoms with van der Waals surface area (Å²) in [6, 6.07) is 17.2. The lowest BCUT2D eigenvalue weighted by Gasteiger charge is -2.37. The summed E-state index contributed by atoms with van der Waals surface area (Å²) in [5.74, 6) is 0. The molecule has 2 nitrogen and oxygen atoms in total. The zero-order valence-corrected chi connectivity index (χ0v) is 12.6. The van der Waals surface area contributed by atoms with Crippen molar-refractivity contribution < 1.29 is 0 Å². The average molecular weight is 317 g/mol. The van der Waals surface area contributed by atoms with Gasteiger partial charge in [-0.2, -0.15) is 0 Å². The van der Waals surface area contributed by atoms with Crippen molar-refractivity contribution >= 4 is 27.3 Å². The lowest BCUT2D eigenvalue weighted by atomic mass is 10.1. The Hall–Kier alpha value is -1.48. The van der Waals surface area contributed by atoms with Crippen LogP contribution in [0.4, 0.5) is 11.4 Å². The first-order valence-corrected chi connectivity index (χ1v) is 7.33. The summed E-state index contributed by atoms with van der Waals surface area (Å²) in [5.41, 5.74) is 3.99. The molecule has 0 fully saturated rings. The van der Waals surface area contributed by atoms with Crippen molar-refractivity contribution in [2.75, 3.05) is 29.9 Å². The Balaban J connectivity index is 1.89. The molecule has 3 rings (SSSR count). The molecule has 0 radical (unpaired) electrons. The first kappa shape index (κ1) is 12.5. The van der Waals surface area contributed by atoms with Crippen LogP contribution >= 0.6 is 15.9 Å². The van der Waals surface area contributed by atoms with Crippen LogP contribution in [0.1, 0.15) is 5.56 Å². The summed E-state index contributed by atoms with van der Waals surface area (Å²) in [7, 11) is 2.16. The number of fused-ring (bicyclic) bond motifs is 1. The third-order valence-electron chi connectivity index (χ3n) is 3.60. The van der Waals surface area contributed by atoms with E-state index in [1.165, 1.54) is 16.9 Å². The van der Waals surface area contributed by atoms with Crippen LogP contribution in [0.2, 0.25) is 0 Å². The van der Waals surface area contributed by atoms with Gasteiger partial charge in [-0.3, -0.25) is 0 Å². The fourth-order valence-electron chi connectivity index (χ4n) is 2.59. The molecule has 3 heteroatoms. The molecule has 0 amide bonds.